The number of aromatic nitrogens is 1. The molecule has 24 heavy (non-hydrogen) atoms. The number of aryl methyl sites for hydroxylation is 2. The molecule has 0 radical (unpaired) electrons. The number of nitrogens with zero attached hydrogens (tertiary/aromatic N) is 1. The molecule has 3 N–H and O–H groups in total. The molecule has 3 rings (SSSR count). The van der Waals surface area contributed by atoms with E-state index in [-0.39, 0.29) is 11.7 Å². The van der Waals surface area contributed by atoms with Gasteiger partial charge in [-0.25, -0.2) is 4.98 Å². The van der Waals surface area contributed by atoms with Crippen LogP contribution in [0, 0.1) is 13.8 Å². The molecule has 2 aromatic heterocycles. The number of thiophene rings is 1. The van der Waals surface area contributed by atoms with Crippen molar-refractivity contribution in [1.82, 2.24) is 4.98 Å². The number of benzene rings is 1. The summed E-state index contributed by atoms with van der Waals surface area (Å²) in [7, 11) is 0. The Kier molecular flexibility index (Phi) is 4.07. The second-order valence-electron chi connectivity index (χ2n) is 5.69. The van der Waals surface area contributed by atoms with E-state index in [1.165, 1.54) is 18.3 Å². The molecule has 0 aliphatic carbocycles. The van der Waals surface area contributed by atoms with Crippen LogP contribution in [-0.2, 0) is 4.79 Å². The Labute approximate surface area is 143 Å². The molecule has 0 aliphatic heterocycles. The van der Waals surface area contributed by atoms with Crippen molar-refractivity contribution in [3.63, 3.8) is 0 Å². The number of amides is 1. The van der Waals surface area contributed by atoms with Crippen LogP contribution in [0.4, 0.5) is 11.4 Å². The Morgan fingerprint density at radius 3 is 2.46 bits per heavy atom. The van der Waals surface area contributed by atoms with Crippen molar-refractivity contribution in [3.05, 3.63) is 52.0 Å². The fourth-order valence-electron chi connectivity index (χ4n) is 2.68. The minimum atomic E-state index is -0.153. The van der Waals surface area contributed by atoms with Crippen LogP contribution in [0.2, 0.25) is 0 Å². The van der Waals surface area contributed by atoms with Gasteiger partial charge in [-0.2, -0.15) is 0 Å². The molecule has 0 aliphatic rings. The van der Waals surface area contributed by atoms with E-state index in [4.69, 9.17) is 5.73 Å². The standard InChI is InChI=1S/C18H17N3O2S/c1-9-8-10(2)20-18-14(9)15(19)17(24-18)16(23)12-4-6-13(7-5-12)21-11(3)22/h4-8H,19H2,1-3H3,(H,21,22). The number of carbonyl (C=O) groups is 2. The molecular weight excluding hydrogens is 322 g/mol. The van der Waals surface area contributed by atoms with Gasteiger partial charge in [0.2, 0.25) is 11.7 Å². The predicted octanol–water partition coefficient (Wildman–Crippen LogP) is 3.68. The van der Waals surface area contributed by atoms with Gasteiger partial charge in [0.25, 0.3) is 0 Å². The predicted molar refractivity (Wildman–Crippen MR) is 97.7 cm³/mol. The monoisotopic (exact) mass is 339 g/mol. The lowest BCUT2D eigenvalue weighted by molar-refractivity contribution is -0.114. The van der Waals surface area contributed by atoms with E-state index in [9.17, 15) is 9.59 Å². The summed E-state index contributed by atoms with van der Waals surface area (Å²) in [5.74, 6) is -0.290. The molecule has 6 heteroatoms. The van der Waals surface area contributed by atoms with Crippen molar-refractivity contribution in [3.8, 4) is 0 Å². The van der Waals surface area contributed by atoms with Crippen LogP contribution in [0.15, 0.2) is 30.3 Å². The van der Waals surface area contributed by atoms with E-state index in [1.807, 2.05) is 19.9 Å². The second kappa shape index (κ2) is 6.05. The molecule has 1 amide bonds. The fourth-order valence-corrected chi connectivity index (χ4v) is 3.86. The number of nitrogens with two attached hydrogens (primary N) is 1. The first kappa shape index (κ1) is 16.1. The maximum absolute atomic E-state index is 12.8. The van der Waals surface area contributed by atoms with Crippen LogP contribution in [0.5, 0.6) is 0 Å². The molecule has 1 aromatic carbocycles. The molecule has 0 fully saturated rings. The average Bonchev–Trinajstić information content (AvgIpc) is 2.83. The molecule has 0 atom stereocenters. The van der Waals surface area contributed by atoms with Crippen molar-refractivity contribution in [2.24, 2.45) is 0 Å². The Balaban J connectivity index is 2.01. The van der Waals surface area contributed by atoms with Gasteiger partial charge in [0.05, 0.1) is 5.69 Å². The quantitative estimate of drug-likeness (QED) is 0.713. The summed E-state index contributed by atoms with van der Waals surface area (Å²) in [4.78, 5) is 29.6. The first-order valence-electron chi connectivity index (χ1n) is 7.45. The fraction of sp³-hybridized carbons (Fsp3) is 0.167. The van der Waals surface area contributed by atoms with Gasteiger partial charge in [0.1, 0.15) is 9.71 Å². The zero-order valence-corrected chi connectivity index (χ0v) is 14.5. The molecule has 2 heterocycles. The highest BCUT2D eigenvalue weighted by atomic mass is 32.1. The van der Waals surface area contributed by atoms with Crippen molar-refractivity contribution in [2.45, 2.75) is 20.8 Å². The van der Waals surface area contributed by atoms with Gasteiger partial charge in [-0.05, 0) is 49.7 Å². The SMILES string of the molecule is CC(=O)Nc1ccc(C(=O)c2sc3nc(C)cc(C)c3c2N)cc1. The van der Waals surface area contributed by atoms with Gasteiger partial charge in [-0.3, -0.25) is 9.59 Å². The van der Waals surface area contributed by atoms with Gasteiger partial charge >= 0.3 is 0 Å². The van der Waals surface area contributed by atoms with Crippen LogP contribution in [0.25, 0.3) is 10.2 Å². The lowest BCUT2D eigenvalue weighted by Crippen LogP contribution is -2.06. The van der Waals surface area contributed by atoms with Gasteiger partial charge in [0.15, 0.2) is 0 Å². The molecule has 5 nitrogen and oxygen atoms in total. The van der Waals surface area contributed by atoms with E-state index in [1.54, 1.807) is 24.3 Å². The summed E-state index contributed by atoms with van der Waals surface area (Å²) in [6, 6.07) is 8.73. The highest BCUT2D eigenvalue weighted by molar-refractivity contribution is 7.21. The van der Waals surface area contributed by atoms with E-state index in [0.29, 0.717) is 21.8 Å². The summed E-state index contributed by atoms with van der Waals surface area (Å²) < 4.78 is 0. The molecular formula is C18H17N3O2S. The topological polar surface area (TPSA) is 85.1 Å². The number of anilines is 2. The normalized spacial score (nSPS) is 10.8. The van der Waals surface area contributed by atoms with Crippen molar-refractivity contribution >= 4 is 44.6 Å². The zero-order valence-electron chi connectivity index (χ0n) is 13.6. The minimum Gasteiger partial charge on any atom is -0.397 e. The molecule has 0 spiro atoms. The van der Waals surface area contributed by atoms with Crippen molar-refractivity contribution < 1.29 is 9.59 Å². The maximum atomic E-state index is 12.8. The van der Waals surface area contributed by atoms with Crippen LogP contribution in [0.3, 0.4) is 0 Å². The van der Waals surface area contributed by atoms with E-state index in [0.717, 1.165) is 21.5 Å². The summed E-state index contributed by atoms with van der Waals surface area (Å²) in [5, 5.41) is 3.53. The van der Waals surface area contributed by atoms with E-state index in [2.05, 4.69) is 10.3 Å². The number of ketones is 1. The summed E-state index contributed by atoms with van der Waals surface area (Å²) >= 11 is 1.31. The van der Waals surface area contributed by atoms with Crippen LogP contribution in [0.1, 0.15) is 33.4 Å². The lowest BCUT2D eigenvalue weighted by atomic mass is 10.1. The Morgan fingerprint density at radius 2 is 1.83 bits per heavy atom. The molecule has 3 aromatic rings. The largest absolute Gasteiger partial charge is 0.397 e. The molecule has 0 saturated carbocycles. The van der Waals surface area contributed by atoms with E-state index < -0.39 is 0 Å². The molecule has 0 saturated heterocycles. The Hall–Kier alpha value is -2.73. The third kappa shape index (κ3) is 2.88. The third-order valence-corrected chi connectivity index (χ3v) is 4.80. The lowest BCUT2D eigenvalue weighted by Gasteiger charge is -2.04. The number of nitrogen functional groups attached to an aromatic ring is 1. The number of hydrogen-bond acceptors (Lipinski definition) is 5. The Bertz CT molecular complexity index is 959. The average molecular weight is 339 g/mol. The smallest absolute Gasteiger partial charge is 0.221 e. The summed E-state index contributed by atoms with van der Waals surface area (Å²) in [5.41, 5.74) is 9.80. The van der Waals surface area contributed by atoms with Gasteiger partial charge < -0.3 is 11.1 Å². The van der Waals surface area contributed by atoms with Gasteiger partial charge in [0, 0.05) is 29.3 Å². The number of carbonyl (C=O) groups excluding carboxylic acids is 2. The highest BCUT2D eigenvalue weighted by Gasteiger charge is 2.20. The Morgan fingerprint density at radius 1 is 1.17 bits per heavy atom. The first-order valence-corrected chi connectivity index (χ1v) is 8.27. The third-order valence-electron chi connectivity index (χ3n) is 3.70. The molecule has 0 bridgehead atoms. The van der Waals surface area contributed by atoms with Crippen LogP contribution >= 0.6 is 11.3 Å². The highest BCUT2D eigenvalue weighted by Crippen LogP contribution is 2.36. The zero-order chi connectivity index (χ0) is 17.4. The number of rotatable bonds is 3. The van der Waals surface area contributed by atoms with Crippen LogP contribution < -0.4 is 11.1 Å². The number of nitrogens with one attached hydrogen (secondary N) is 1. The maximum Gasteiger partial charge on any atom is 0.221 e. The molecule has 0 unspecified atom stereocenters. The van der Waals surface area contributed by atoms with E-state index >= 15 is 0 Å². The number of hydrogen-bond donors (Lipinski definition) is 2. The van der Waals surface area contributed by atoms with Crippen LogP contribution in [-0.4, -0.2) is 16.7 Å². The summed E-state index contributed by atoms with van der Waals surface area (Å²) in [6.07, 6.45) is 0. The first-order chi connectivity index (χ1) is 11.4. The summed E-state index contributed by atoms with van der Waals surface area (Å²) in [6.45, 7) is 5.33. The number of fused-ring (bicyclic) bond motifs is 1. The van der Waals surface area contributed by atoms with Crippen molar-refractivity contribution in [2.75, 3.05) is 11.1 Å². The second-order valence-corrected chi connectivity index (χ2v) is 6.69. The van der Waals surface area contributed by atoms with Gasteiger partial charge in [-0.1, -0.05) is 0 Å². The minimum absolute atomic E-state index is 0.137. The number of pyridine rings is 1. The van der Waals surface area contributed by atoms with Gasteiger partial charge in [-0.15, -0.1) is 11.3 Å². The molecule has 122 valence electrons. The van der Waals surface area contributed by atoms with Crippen molar-refractivity contribution in [1.29, 1.82) is 0 Å².